The standard InChI is InChI=1S/C23H17FN2O5/c1-2-30-22(28)16(20(27)18-10-14-8-9-15(24)11-17(14)25-18)12-19-23(29)31-21(26-19)13-6-4-3-5-7-13/h3-12,25,29H,2H2,1H3/b16-12-. The van der Waals surface area contributed by atoms with Gasteiger partial charge in [0.2, 0.25) is 11.7 Å². The minimum absolute atomic E-state index is 0.0431. The lowest BCUT2D eigenvalue weighted by atomic mass is 10.1. The van der Waals surface area contributed by atoms with E-state index in [9.17, 15) is 19.1 Å². The lowest BCUT2D eigenvalue weighted by molar-refractivity contribution is -0.137. The number of aromatic nitrogens is 2. The SMILES string of the molecule is CCOC(=O)/C(=C\c1nc(-c2ccccc2)oc1O)C(=O)c1cc2ccc(F)cc2[nH]1. The van der Waals surface area contributed by atoms with Crippen LogP contribution < -0.4 is 0 Å². The third-order valence-corrected chi connectivity index (χ3v) is 4.51. The van der Waals surface area contributed by atoms with Crippen molar-refractivity contribution in [3.05, 3.63) is 77.4 Å². The molecule has 0 atom stereocenters. The van der Waals surface area contributed by atoms with Crippen LogP contribution in [0.1, 0.15) is 23.1 Å². The van der Waals surface area contributed by atoms with Gasteiger partial charge in [-0.25, -0.2) is 14.2 Å². The number of rotatable bonds is 6. The smallest absolute Gasteiger partial charge is 0.342 e. The van der Waals surface area contributed by atoms with E-state index in [-0.39, 0.29) is 29.5 Å². The van der Waals surface area contributed by atoms with Crippen molar-refractivity contribution in [1.29, 1.82) is 0 Å². The van der Waals surface area contributed by atoms with Gasteiger partial charge in [0.05, 0.1) is 12.3 Å². The Morgan fingerprint density at radius 3 is 2.71 bits per heavy atom. The Kier molecular flexibility index (Phi) is 5.36. The molecule has 156 valence electrons. The normalized spacial score (nSPS) is 11.6. The number of aromatic hydroxyl groups is 1. The second-order valence-corrected chi connectivity index (χ2v) is 6.60. The van der Waals surface area contributed by atoms with Crippen molar-refractivity contribution in [3.8, 4) is 17.4 Å². The first-order chi connectivity index (χ1) is 15.0. The summed E-state index contributed by atoms with van der Waals surface area (Å²) in [5, 5.41) is 10.8. The van der Waals surface area contributed by atoms with Crippen LogP contribution in [0.2, 0.25) is 0 Å². The van der Waals surface area contributed by atoms with Crippen LogP contribution in [0.5, 0.6) is 5.95 Å². The number of fused-ring (bicyclic) bond motifs is 1. The molecule has 0 fully saturated rings. The molecule has 4 rings (SSSR count). The molecule has 0 saturated carbocycles. The number of Topliss-reactive ketones (excluding diaryl/α,β-unsaturated/α-hetero) is 1. The Balaban J connectivity index is 1.76. The highest BCUT2D eigenvalue weighted by atomic mass is 19.1. The molecule has 7 nitrogen and oxygen atoms in total. The number of nitrogens with one attached hydrogen (secondary N) is 1. The minimum atomic E-state index is -0.888. The first-order valence-corrected chi connectivity index (χ1v) is 9.43. The third kappa shape index (κ3) is 4.09. The van der Waals surface area contributed by atoms with Crippen molar-refractivity contribution in [2.24, 2.45) is 0 Å². The maximum atomic E-state index is 13.5. The Hall–Kier alpha value is -4.20. The van der Waals surface area contributed by atoms with Crippen LogP contribution in [-0.4, -0.2) is 33.4 Å². The van der Waals surface area contributed by atoms with E-state index in [1.807, 2.05) is 6.07 Å². The summed E-state index contributed by atoms with van der Waals surface area (Å²) in [5.41, 5.74) is 0.613. The summed E-state index contributed by atoms with van der Waals surface area (Å²) in [7, 11) is 0. The van der Waals surface area contributed by atoms with Crippen LogP contribution in [-0.2, 0) is 9.53 Å². The molecule has 0 aliphatic rings. The number of oxazole rings is 1. The minimum Gasteiger partial charge on any atom is -0.479 e. The van der Waals surface area contributed by atoms with Gasteiger partial charge in [-0.05, 0) is 49.4 Å². The predicted molar refractivity (Wildman–Crippen MR) is 111 cm³/mol. The van der Waals surface area contributed by atoms with Gasteiger partial charge in [-0.15, -0.1) is 0 Å². The molecular weight excluding hydrogens is 403 g/mol. The molecule has 4 aromatic rings. The monoisotopic (exact) mass is 420 g/mol. The summed E-state index contributed by atoms with van der Waals surface area (Å²) in [6.07, 6.45) is 1.11. The zero-order valence-electron chi connectivity index (χ0n) is 16.4. The lowest BCUT2D eigenvalue weighted by Crippen LogP contribution is -2.16. The molecule has 2 heterocycles. The number of hydrogen-bond acceptors (Lipinski definition) is 6. The molecule has 2 aromatic heterocycles. The Bertz CT molecular complexity index is 1300. The average Bonchev–Trinajstić information content (AvgIpc) is 3.35. The topological polar surface area (TPSA) is 105 Å². The fourth-order valence-electron chi connectivity index (χ4n) is 3.05. The quantitative estimate of drug-likeness (QED) is 0.156. The van der Waals surface area contributed by atoms with Gasteiger partial charge in [0, 0.05) is 16.5 Å². The van der Waals surface area contributed by atoms with Gasteiger partial charge in [-0.3, -0.25) is 4.79 Å². The first-order valence-electron chi connectivity index (χ1n) is 9.43. The molecular formula is C23H17FN2O5. The van der Waals surface area contributed by atoms with Crippen LogP contribution in [0.25, 0.3) is 28.4 Å². The van der Waals surface area contributed by atoms with Gasteiger partial charge in [-0.1, -0.05) is 18.2 Å². The van der Waals surface area contributed by atoms with Crippen molar-refractivity contribution >= 4 is 28.7 Å². The Morgan fingerprint density at radius 1 is 1.19 bits per heavy atom. The molecule has 0 aliphatic carbocycles. The number of H-pyrrole nitrogens is 1. The second kappa shape index (κ2) is 8.27. The number of carbonyl (C=O) groups is 2. The number of carbonyl (C=O) groups excluding carboxylic acids is 2. The molecule has 0 amide bonds. The van der Waals surface area contributed by atoms with Crippen molar-refractivity contribution in [2.45, 2.75) is 6.92 Å². The molecule has 2 aromatic carbocycles. The van der Waals surface area contributed by atoms with E-state index in [2.05, 4.69) is 9.97 Å². The zero-order chi connectivity index (χ0) is 22.0. The van der Waals surface area contributed by atoms with E-state index < -0.39 is 23.5 Å². The molecule has 2 N–H and O–H groups in total. The molecule has 0 radical (unpaired) electrons. The summed E-state index contributed by atoms with van der Waals surface area (Å²) in [6, 6.07) is 14.4. The van der Waals surface area contributed by atoms with Crippen molar-refractivity contribution in [3.63, 3.8) is 0 Å². The highest BCUT2D eigenvalue weighted by Crippen LogP contribution is 2.29. The third-order valence-electron chi connectivity index (χ3n) is 4.51. The number of aromatic amines is 1. The fourth-order valence-corrected chi connectivity index (χ4v) is 3.05. The molecule has 0 unspecified atom stereocenters. The van der Waals surface area contributed by atoms with Crippen molar-refractivity contribution in [2.75, 3.05) is 6.61 Å². The largest absolute Gasteiger partial charge is 0.479 e. The number of esters is 1. The number of nitrogens with zero attached hydrogens (tertiary/aromatic N) is 1. The van der Waals surface area contributed by atoms with E-state index in [4.69, 9.17) is 9.15 Å². The Labute approximate surface area is 175 Å². The molecule has 0 saturated heterocycles. The summed E-state index contributed by atoms with van der Waals surface area (Å²) in [5.74, 6) is -2.47. The molecule has 0 bridgehead atoms. The van der Waals surface area contributed by atoms with E-state index in [0.29, 0.717) is 16.5 Å². The van der Waals surface area contributed by atoms with Gasteiger partial charge in [0.1, 0.15) is 17.1 Å². The van der Waals surface area contributed by atoms with Gasteiger partial charge >= 0.3 is 11.9 Å². The van der Waals surface area contributed by atoms with E-state index in [1.54, 1.807) is 31.2 Å². The summed E-state index contributed by atoms with van der Waals surface area (Å²) in [4.78, 5) is 32.5. The van der Waals surface area contributed by atoms with Crippen LogP contribution in [0.15, 0.2) is 64.6 Å². The van der Waals surface area contributed by atoms with Crippen molar-refractivity contribution < 1.29 is 28.2 Å². The second-order valence-electron chi connectivity index (χ2n) is 6.60. The highest BCUT2D eigenvalue weighted by molar-refractivity contribution is 6.27. The lowest BCUT2D eigenvalue weighted by Gasteiger charge is -2.04. The average molecular weight is 420 g/mol. The maximum Gasteiger partial charge on any atom is 0.342 e. The van der Waals surface area contributed by atoms with Crippen LogP contribution in [0.3, 0.4) is 0 Å². The van der Waals surface area contributed by atoms with Gasteiger partial charge in [-0.2, -0.15) is 0 Å². The summed E-state index contributed by atoms with van der Waals surface area (Å²) < 4.78 is 23.7. The van der Waals surface area contributed by atoms with E-state index in [1.165, 1.54) is 24.3 Å². The number of ether oxygens (including phenoxy) is 1. The fraction of sp³-hybridized carbons (Fsp3) is 0.0870. The summed E-state index contributed by atoms with van der Waals surface area (Å²) in [6.45, 7) is 1.65. The maximum absolute atomic E-state index is 13.5. The van der Waals surface area contributed by atoms with Crippen LogP contribution in [0.4, 0.5) is 4.39 Å². The van der Waals surface area contributed by atoms with E-state index in [0.717, 1.165) is 6.08 Å². The highest BCUT2D eigenvalue weighted by Gasteiger charge is 2.25. The number of benzene rings is 2. The predicted octanol–water partition coefficient (Wildman–Crippen LogP) is 4.50. The van der Waals surface area contributed by atoms with Gasteiger partial charge < -0.3 is 19.2 Å². The zero-order valence-corrected chi connectivity index (χ0v) is 16.4. The number of halogens is 1. The molecule has 0 aliphatic heterocycles. The number of ketones is 1. The number of hydrogen-bond donors (Lipinski definition) is 2. The molecule has 8 heteroatoms. The molecule has 0 spiro atoms. The van der Waals surface area contributed by atoms with Crippen molar-refractivity contribution in [1.82, 2.24) is 9.97 Å². The van der Waals surface area contributed by atoms with Gasteiger partial charge in [0.15, 0.2) is 0 Å². The van der Waals surface area contributed by atoms with E-state index >= 15 is 0 Å². The van der Waals surface area contributed by atoms with Crippen LogP contribution in [0, 0.1) is 5.82 Å². The van der Waals surface area contributed by atoms with Crippen LogP contribution >= 0.6 is 0 Å². The first kappa shape index (κ1) is 20.1. The van der Waals surface area contributed by atoms with Gasteiger partial charge in [0.25, 0.3) is 0 Å². The Morgan fingerprint density at radius 2 is 1.97 bits per heavy atom. The summed E-state index contributed by atoms with van der Waals surface area (Å²) >= 11 is 0. The molecule has 31 heavy (non-hydrogen) atoms.